The van der Waals surface area contributed by atoms with Crippen molar-refractivity contribution in [3.05, 3.63) is 27.7 Å². The van der Waals surface area contributed by atoms with Crippen LogP contribution in [0.5, 0.6) is 5.75 Å². The van der Waals surface area contributed by atoms with Crippen LogP contribution >= 0.6 is 15.9 Å². The number of nitrogens with one attached hydrogen (secondary N) is 1. The van der Waals surface area contributed by atoms with Crippen LogP contribution in [0, 0.1) is 5.92 Å². The highest BCUT2D eigenvalue weighted by molar-refractivity contribution is 9.10. The largest absolute Gasteiger partial charge is 0.493 e. The molecule has 0 unspecified atom stereocenters. The molecule has 0 spiro atoms. The van der Waals surface area contributed by atoms with Gasteiger partial charge in [-0.05, 0) is 43.4 Å². The Balaban J connectivity index is 1.55. The normalized spacial score (nSPS) is 16.9. The molecule has 1 fully saturated rings. The lowest BCUT2D eigenvalue weighted by atomic mass is 10.0. The number of rotatable bonds is 5. The van der Waals surface area contributed by atoms with Crippen molar-refractivity contribution in [3.8, 4) is 5.75 Å². The Labute approximate surface area is 121 Å². The second-order valence-corrected chi connectivity index (χ2v) is 6.12. The minimum atomic E-state index is 0.237. The first-order valence-electron chi connectivity index (χ1n) is 6.96. The fourth-order valence-electron chi connectivity index (χ4n) is 2.55. The Kier molecular flexibility index (Phi) is 3.78. The van der Waals surface area contributed by atoms with Crippen LogP contribution in [0.3, 0.4) is 0 Å². The van der Waals surface area contributed by atoms with Crippen molar-refractivity contribution in [2.24, 2.45) is 5.92 Å². The van der Waals surface area contributed by atoms with Gasteiger partial charge in [0.05, 0.1) is 6.61 Å². The zero-order valence-corrected chi connectivity index (χ0v) is 12.5. The number of carbonyl (C=O) groups is 1. The molecular formula is C15H18BrNO2. The van der Waals surface area contributed by atoms with Crippen molar-refractivity contribution in [2.45, 2.75) is 32.1 Å². The number of amides is 1. The van der Waals surface area contributed by atoms with Gasteiger partial charge in [-0.1, -0.05) is 15.9 Å². The lowest BCUT2D eigenvalue weighted by molar-refractivity contribution is -0.122. The summed E-state index contributed by atoms with van der Waals surface area (Å²) in [7, 11) is 0. The average Bonchev–Trinajstić information content (AvgIpc) is 3.15. The zero-order chi connectivity index (χ0) is 13.2. The molecule has 0 radical (unpaired) electrons. The summed E-state index contributed by atoms with van der Waals surface area (Å²) in [5, 5.41) is 3.02. The SMILES string of the molecule is O=C(NCCCc1c(Br)ccc2c1CCO2)C1CC1. The van der Waals surface area contributed by atoms with Gasteiger partial charge in [0.1, 0.15) is 5.75 Å². The van der Waals surface area contributed by atoms with Gasteiger partial charge in [-0.2, -0.15) is 0 Å². The molecule has 3 nitrogen and oxygen atoms in total. The summed E-state index contributed by atoms with van der Waals surface area (Å²) in [4.78, 5) is 11.5. The molecule has 1 heterocycles. The van der Waals surface area contributed by atoms with Crippen LogP contribution in [0.1, 0.15) is 30.4 Å². The van der Waals surface area contributed by atoms with Gasteiger partial charge in [0.25, 0.3) is 0 Å². The monoisotopic (exact) mass is 323 g/mol. The molecule has 1 aromatic rings. The third-order valence-corrected chi connectivity index (χ3v) is 4.53. The molecule has 0 bridgehead atoms. The molecule has 1 saturated carbocycles. The van der Waals surface area contributed by atoms with Gasteiger partial charge in [-0.3, -0.25) is 4.79 Å². The Morgan fingerprint density at radius 2 is 2.26 bits per heavy atom. The number of halogens is 1. The number of hydrogen-bond acceptors (Lipinski definition) is 2. The lowest BCUT2D eigenvalue weighted by Crippen LogP contribution is -2.26. The summed E-state index contributed by atoms with van der Waals surface area (Å²) >= 11 is 3.62. The van der Waals surface area contributed by atoms with E-state index < -0.39 is 0 Å². The summed E-state index contributed by atoms with van der Waals surface area (Å²) in [6.45, 7) is 1.56. The maximum absolute atomic E-state index is 11.5. The summed E-state index contributed by atoms with van der Waals surface area (Å²) in [6, 6.07) is 4.09. The molecule has 1 N–H and O–H groups in total. The molecule has 3 rings (SSSR count). The molecule has 102 valence electrons. The third-order valence-electron chi connectivity index (χ3n) is 3.79. The highest BCUT2D eigenvalue weighted by Gasteiger charge is 2.29. The van der Waals surface area contributed by atoms with E-state index in [2.05, 4.69) is 27.3 Å². The van der Waals surface area contributed by atoms with Crippen molar-refractivity contribution in [2.75, 3.05) is 13.2 Å². The average molecular weight is 324 g/mol. The van der Waals surface area contributed by atoms with Crippen LogP contribution < -0.4 is 10.1 Å². The van der Waals surface area contributed by atoms with Crippen LogP contribution in [0.2, 0.25) is 0 Å². The molecule has 4 heteroatoms. The summed E-state index contributed by atoms with van der Waals surface area (Å²) in [5.41, 5.74) is 2.68. The topological polar surface area (TPSA) is 38.3 Å². The van der Waals surface area contributed by atoms with E-state index in [1.165, 1.54) is 11.1 Å². The van der Waals surface area contributed by atoms with Gasteiger partial charge in [0, 0.05) is 28.9 Å². The third kappa shape index (κ3) is 2.94. The van der Waals surface area contributed by atoms with Crippen LogP contribution in [-0.4, -0.2) is 19.1 Å². The second-order valence-electron chi connectivity index (χ2n) is 5.27. The zero-order valence-electron chi connectivity index (χ0n) is 10.9. The lowest BCUT2D eigenvalue weighted by Gasteiger charge is -2.10. The predicted molar refractivity (Wildman–Crippen MR) is 77.4 cm³/mol. The highest BCUT2D eigenvalue weighted by atomic mass is 79.9. The molecule has 1 aliphatic heterocycles. The first-order valence-corrected chi connectivity index (χ1v) is 7.76. The number of carbonyl (C=O) groups excluding carboxylic acids is 1. The smallest absolute Gasteiger partial charge is 0.223 e. The summed E-state index contributed by atoms with van der Waals surface area (Å²) in [6.07, 6.45) is 5.10. The van der Waals surface area contributed by atoms with Gasteiger partial charge in [-0.15, -0.1) is 0 Å². The molecule has 0 aromatic heterocycles. The Bertz CT molecular complexity index is 497. The number of hydrogen-bond donors (Lipinski definition) is 1. The van der Waals surface area contributed by atoms with E-state index in [1.807, 2.05) is 6.07 Å². The van der Waals surface area contributed by atoms with Crippen molar-refractivity contribution in [3.63, 3.8) is 0 Å². The second kappa shape index (κ2) is 5.53. The maximum Gasteiger partial charge on any atom is 0.223 e. The number of benzene rings is 1. The molecule has 2 aliphatic rings. The van der Waals surface area contributed by atoms with Crippen molar-refractivity contribution >= 4 is 21.8 Å². The quantitative estimate of drug-likeness (QED) is 0.846. The number of ether oxygens (including phenoxy) is 1. The van der Waals surface area contributed by atoms with Gasteiger partial charge in [0.2, 0.25) is 5.91 Å². The van der Waals surface area contributed by atoms with E-state index in [9.17, 15) is 4.79 Å². The Hall–Kier alpha value is -1.03. The first kappa shape index (κ1) is 13.0. The van der Waals surface area contributed by atoms with Crippen LogP contribution in [0.4, 0.5) is 0 Å². The minimum Gasteiger partial charge on any atom is -0.493 e. The van der Waals surface area contributed by atoms with Crippen LogP contribution in [-0.2, 0) is 17.6 Å². The minimum absolute atomic E-state index is 0.237. The maximum atomic E-state index is 11.5. The van der Waals surface area contributed by atoms with E-state index >= 15 is 0 Å². The molecular weight excluding hydrogens is 306 g/mol. The van der Waals surface area contributed by atoms with Crippen molar-refractivity contribution < 1.29 is 9.53 Å². The van der Waals surface area contributed by atoms with Crippen LogP contribution in [0.15, 0.2) is 16.6 Å². The van der Waals surface area contributed by atoms with Gasteiger partial charge < -0.3 is 10.1 Å². The van der Waals surface area contributed by atoms with Crippen molar-refractivity contribution in [1.82, 2.24) is 5.32 Å². The predicted octanol–water partition coefficient (Wildman–Crippen LogP) is 2.84. The fraction of sp³-hybridized carbons (Fsp3) is 0.533. The molecule has 19 heavy (non-hydrogen) atoms. The molecule has 1 amide bonds. The van der Waals surface area contributed by atoms with Crippen LogP contribution in [0.25, 0.3) is 0 Å². The summed E-state index contributed by atoms with van der Waals surface area (Å²) in [5.74, 6) is 1.57. The first-order chi connectivity index (χ1) is 9.25. The fourth-order valence-corrected chi connectivity index (χ4v) is 3.12. The van der Waals surface area contributed by atoms with E-state index in [0.29, 0.717) is 5.92 Å². The molecule has 1 aromatic carbocycles. The van der Waals surface area contributed by atoms with E-state index in [1.54, 1.807) is 0 Å². The highest BCUT2D eigenvalue weighted by Crippen LogP contribution is 2.34. The number of fused-ring (bicyclic) bond motifs is 1. The van der Waals surface area contributed by atoms with E-state index in [-0.39, 0.29) is 5.91 Å². The Morgan fingerprint density at radius 1 is 1.42 bits per heavy atom. The van der Waals surface area contributed by atoms with Gasteiger partial charge in [0.15, 0.2) is 0 Å². The van der Waals surface area contributed by atoms with Gasteiger partial charge >= 0.3 is 0 Å². The molecule has 0 atom stereocenters. The molecule has 1 aliphatic carbocycles. The Morgan fingerprint density at radius 3 is 3.05 bits per heavy atom. The van der Waals surface area contributed by atoms with E-state index in [0.717, 1.165) is 55.5 Å². The van der Waals surface area contributed by atoms with Gasteiger partial charge in [-0.25, -0.2) is 0 Å². The van der Waals surface area contributed by atoms with Crippen molar-refractivity contribution in [1.29, 1.82) is 0 Å². The standard InChI is InChI=1S/C15H18BrNO2/c16-13-5-6-14-12(7-9-19-14)11(13)2-1-8-17-15(18)10-3-4-10/h5-6,10H,1-4,7-9H2,(H,17,18). The molecule has 0 saturated heterocycles. The summed E-state index contributed by atoms with van der Waals surface area (Å²) < 4.78 is 6.75. The van der Waals surface area contributed by atoms with E-state index in [4.69, 9.17) is 4.74 Å².